The first-order valence-corrected chi connectivity index (χ1v) is 9.25. The second kappa shape index (κ2) is 7.42. The highest BCUT2D eigenvalue weighted by Gasteiger charge is 2.28. The van der Waals surface area contributed by atoms with Gasteiger partial charge in [-0.3, -0.25) is 14.2 Å². The number of rotatable bonds is 5. The number of amides is 1. The number of piperidine rings is 1. The van der Waals surface area contributed by atoms with Gasteiger partial charge in [0.05, 0.1) is 30.5 Å². The Morgan fingerprint density at radius 2 is 2.12 bits per heavy atom. The molecule has 1 amide bonds. The SMILES string of the molecule is Cc1cnn(C[C@@H]2CCCCN2C(=O)C[C@@H](C)n2nc(C)cc2C)c1. The van der Waals surface area contributed by atoms with Gasteiger partial charge >= 0.3 is 0 Å². The largest absolute Gasteiger partial charge is 0.338 e. The third-order valence-corrected chi connectivity index (χ3v) is 5.04. The van der Waals surface area contributed by atoms with Crippen LogP contribution >= 0.6 is 0 Å². The van der Waals surface area contributed by atoms with Gasteiger partial charge in [0.25, 0.3) is 0 Å². The monoisotopic (exact) mass is 343 g/mol. The van der Waals surface area contributed by atoms with Crippen molar-refractivity contribution in [3.8, 4) is 0 Å². The van der Waals surface area contributed by atoms with E-state index in [1.165, 1.54) is 6.42 Å². The van der Waals surface area contributed by atoms with E-state index >= 15 is 0 Å². The molecule has 0 saturated carbocycles. The zero-order chi connectivity index (χ0) is 18.0. The first-order valence-electron chi connectivity index (χ1n) is 9.25. The average Bonchev–Trinajstić information content (AvgIpc) is 3.12. The summed E-state index contributed by atoms with van der Waals surface area (Å²) in [6.07, 6.45) is 7.75. The van der Waals surface area contributed by atoms with Gasteiger partial charge in [-0.1, -0.05) is 0 Å². The van der Waals surface area contributed by atoms with Gasteiger partial charge < -0.3 is 4.90 Å². The van der Waals surface area contributed by atoms with E-state index in [9.17, 15) is 4.79 Å². The fourth-order valence-corrected chi connectivity index (χ4v) is 3.85. The van der Waals surface area contributed by atoms with Crippen molar-refractivity contribution in [1.82, 2.24) is 24.5 Å². The zero-order valence-electron chi connectivity index (χ0n) is 15.8. The molecule has 0 aromatic carbocycles. The number of aromatic nitrogens is 4. The van der Waals surface area contributed by atoms with Crippen molar-refractivity contribution in [3.05, 3.63) is 35.4 Å². The quantitative estimate of drug-likeness (QED) is 0.838. The van der Waals surface area contributed by atoms with Gasteiger partial charge in [0.15, 0.2) is 0 Å². The zero-order valence-corrected chi connectivity index (χ0v) is 15.8. The Labute approximate surface area is 149 Å². The van der Waals surface area contributed by atoms with Crippen LogP contribution in [-0.4, -0.2) is 43.0 Å². The van der Waals surface area contributed by atoms with Crippen LogP contribution in [0.4, 0.5) is 0 Å². The number of hydrogen-bond donors (Lipinski definition) is 0. The summed E-state index contributed by atoms with van der Waals surface area (Å²) < 4.78 is 3.94. The summed E-state index contributed by atoms with van der Waals surface area (Å²) in [5.74, 6) is 0.230. The van der Waals surface area contributed by atoms with E-state index in [4.69, 9.17) is 0 Å². The molecule has 0 bridgehead atoms. The Balaban J connectivity index is 1.67. The summed E-state index contributed by atoms with van der Waals surface area (Å²) in [6, 6.07) is 2.38. The number of aryl methyl sites for hydroxylation is 3. The molecule has 1 saturated heterocycles. The summed E-state index contributed by atoms with van der Waals surface area (Å²) >= 11 is 0. The summed E-state index contributed by atoms with van der Waals surface area (Å²) in [7, 11) is 0. The van der Waals surface area contributed by atoms with Crippen molar-refractivity contribution in [2.75, 3.05) is 6.54 Å². The average molecular weight is 343 g/mol. The van der Waals surface area contributed by atoms with Crippen molar-refractivity contribution >= 4 is 5.91 Å². The van der Waals surface area contributed by atoms with Crippen LogP contribution in [0.1, 0.15) is 55.6 Å². The maximum Gasteiger partial charge on any atom is 0.225 e. The van der Waals surface area contributed by atoms with Gasteiger partial charge in [-0.2, -0.15) is 10.2 Å². The van der Waals surface area contributed by atoms with Crippen LogP contribution in [0.2, 0.25) is 0 Å². The Kier molecular flexibility index (Phi) is 5.25. The molecular formula is C19H29N5O. The minimum Gasteiger partial charge on any atom is -0.338 e. The summed E-state index contributed by atoms with van der Waals surface area (Å²) in [5, 5.41) is 8.92. The molecule has 0 aliphatic carbocycles. The minimum absolute atomic E-state index is 0.0794. The lowest BCUT2D eigenvalue weighted by molar-refractivity contribution is -0.136. The predicted molar refractivity (Wildman–Crippen MR) is 97.3 cm³/mol. The highest BCUT2D eigenvalue weighted by atomic mass is 16.2. The molecule has 2 aromatic heterocycles. The number of likely N-dealkylation sites (tertiary alicyclic amines) is 1. The molecule has 3 rings (SSSR count). The van der Waals surface area contributed by atoms with Crippen molar-refractivity contribution in [3.63, 3.8) is 0 Å². The van der Waals surface area contributed by atoms with Crippen LogP contribution in [0.15, 0.2) is 18.5 Å². The van der Waals surface area contributed by atoms with Crippen LogP contribution in [0.25, 0.3) is 0 Å². The molecule has 3 heterocycles. The Bertz CT molecular complexity index is 732. The third kappa shape index (κ3) is 4.11. The van der Waals surface area contributed by atoms with Gasteiger partial charge in [-0.05, 0) is 58.6 Å². The number of nitrogens with zero attached hydrogens (tertiary/aromatic N) is 5. The Hall–Kier alpha value is -2.11. The van der Waals surface area contributed by atoms with Crippen LogP contribution in [-0.2, 0) is 11.3 Å². The van der Waals surface area contributed by atoms with Gasteiger partial charge in [0.1, 0.15) is 0 Å². The van der Waals surface area contributed by atoms with Crippen LogP contribution in [0.3, 0.4) is 0 Å². The molecule has 0 radical (unpaired) electrons. The third-order valence-electron chi connectivity index (χ3n) is 5.04. The van der Waals surface area contributed by atoms with Crippen molar-refractivity contribution in [2.24, 2.45) is 0 Å². The van der Waals surface area contributed by atoms with Gasteiger partial charge in [-0.15, -0.1) is 0 Å². The molecule has 136 valence electrons. The maximum absolute atomic E-state index is 13.0. The van der Waals surface area contributed by atoms with E-state index < -0.39 is 0 Å². The molecule has 25 heavy (non-hydrogen) atoms. The van der Waals surface area contributed by atoms with Crippen molar-refractivity contribution in [2.45, 2.75) is 72.0 Å². The molecule has 6 nitrogen and oxygen atoms in total. The summed E-state index contributed by atoms with van der Waals surface area (Å²) in [6.45, 7) is 9.80. The van der Waals surface area contributed by atoms with E-state index in [0.29, 0.717) is 6.42 Å². The highest BCUT2D eigenvalue weighted by molar-refractivity contribution is 5.77. The number of carbonyl (C=O) groups is 1. The Morgan fingerprint density at radius 1 is 1.32 bits per heavy atom. The summed E-state index contributed by atoms with van der Waals surface area (Å²) in [4.78, 5) is 15.0. The lowest BCUT2D eigenvalue weighted by Gasteiger charge is -2.36. The second-order valence-electron chi connectivity index (χ2n) is 7.40. The fourth-order valence-electron chi connectivity index (χ4n) is 3.85. The molecule has 6 heteroatoms. The molecule has 0 unspecified atom stereocenters. The normalized spacial score (nSPS) is 19.2. The lowest BCUT2D eigenvalue weighted by Crippen LogP contribution is -2.46. The molecule has 1 aliphatic heterocycles. The predicted octanol–water partition coefficient (Wildman–Crippen LogP) is 3.04. The number of carbonyl (C=O) groups excluding carboxylic acids is 1. The summed E-state index contributed by atoms with van der Waals surface area (Å²) in [5.41, 5.74) is 3.27. The van der Waals surface area contributed by atoms with Crippen LogP contribution in [0, 0.1) is 20.8 Å². The fraction of sp³-hybridized carbons (Fsp3) is 0.632. The topological polar surface area (TPSA) is 56.0 Å². The van der Waals surface area contributed by atoms with Gasteiger partial charge in [-0.25, -0.2) is 0 Å². The maximum atomic E-state index is 13.0. The Morgan fingerprint density at radius 3 is 2.76 bits per heavy atom. The first-order chi connectivity index (χ1) is 11.9. The van der Waals surface area contributed by atoms with Crippen molar-refractivity contribution < 1.29 is 4.79 Å². The minimum atomic E-state index is 0.0794. The van der Waals surface area contributed by atoms with Gasteiger partial charge in [0.2, 0.25) is 5.91 Å². The van der Waals surface area contributed by atoms with E-state index in [2.05, 4.69) is 34.3 Å². The van der Waals surface area contributed by atoms with Crippen molar-refractivity contribution in [1.29, 1.82) is 0 Å². The standard InChI is InChI=1S/C19H29N5O/c1-14-11-20-22(12-14)13-18-7-5-6-8-23(18)19(25)10-17(4)24-16(3)9-15(2)21-24/h9,11-12,17-18H,5-8,10,13H2,1-4H3/t17-,18+/m1/s1. The molecule has 1 fully saturated rings. The molecule has 0 spiro atoms. The molecule has 2 aromatic rings. The van der Waals surface area contributed by atoms with Crippen LogP contribution in [0.5, 0.6) is 0 Å². The lowest BCUT2D eigenvalue weighted by atomic mass is 10.0. The number of hydrogen-bond acceptors (Lipinski definition) is 3. The van der Waals surface area contributed by atoms with E-state index in [-0.39, 0.29) is 18.0 Å². The van der Waals surface area contributed by atoms with Gasteiger partial charge in [0, 0.05) is 24.9 Å². The van der Waals surface area contributed by atoms with E-state index in [0.717, 1.165) is 42.9 Å². The van der Waals surface area contributed by atoms with E-state index in [1.54, 1.807) is 0 Å². The molecule has 1 aliphatic rings. The molecule has 2 atom stereocenters. The molecule has 0 N–H and O–H groups in total. The first kappa shape index (κ1) is 17.7. The highest BCUT2D eigenvalue weighted by Crippen LogP contribution is 2.22. The smallest absolute Gasteiger partial charge is 0.225 e. The van der Waals surface area contributed by atoms with E-state index in [1.807, 2.05) is 36.3 Å². The van der Waals surface area contributed by atoms with Crippen LogP contribution < -0.4 is 0 Å². The molecular weight excluding hydrogens is 314 g/mol. The second-order valence-corrected chi connectivity index (χ2v) is 7.40.